The number of sulfone groups is 1. The lowest BCUT2D eigenvalue weighted by molar-refractivity contribution is -0.145. The highest BCUT2D eigenvalue weighted by Gasteiger charge is 2.49. The lowest BCUT2D eigenvalue weighted by atomic mass is 9.94. The number of carbonyl (C=O) groups is 4. The van der Waals surface area contributed by atoms with Gasteiger partial charge in [0.25, 0.3) is 0 Å². The normalized spacial score (nSPS) is 25.1. The van der Waals surface area contributed by atoms with E-state index in [1.807, 2.05) is 6.92 Å². The number of imide groups is 2. The molecule has 1 atom stereocenters. The monoisotopic (exact) mass is 427 g/mol. The lowest BCUT2D eigenvalue weighted by Crippen LogP contribution is -2.48. The molecule has 0 spiro atoms. The quantitative estimate of drug-likeness (QED) is 0.441. The van der Waals surface area contributed by atoms with E-state index in [4.69, 9.17) is 0 Å². The van der Waals surface area contributed by atoms with Crippen molar-refractivity contribution in [2.75, 3.05) is 24.6 Å². The lowest BCUT2D eigenvalue weighted by Gasteiger charge is -2.30. The van der Waals surface area contributed by atoms with E-state index < -0.39 is 46.2 Å². The number of unbranched alkanes of at least 4 members (excludes halogenated alkanes) is 1. The molecular weight excluding hydrogens is 398 g/mol. The third-order valence-corrected chi connectivity index (χ3v) is 7.79. The second-order valence-corrected chi connectivity index (χ2v) is 10.4. The van der Waals surface area contributed by atoms with E-state index >= 15 is 0 Å². The summed E-state index contributed by atoms with van der Waals surface area (Å²) < 4.78 is 23.7. The fourth-order valence-corrected chi connectivity index (χ4v) is 6.14. The van der Waals surface area contributed by atoms with Gasteiger partial charge in [0.1, 0.15) is 6.54 Å². The van der Waals surface area contributed by atoms with E-state index in [1.165, 1.54) is 4.90 Å². The van der Waals surface area contributed by atoms with Crippen molar-refractivity contribution in [2.45, 2.75) is 70.4 Å². The first-order chi connectivity index (χ1) is 13.7. The van der Waals surface area contributed by atoms with Gasteiger partial charge >= 0.3 is 17.8 Å². The van der Waals surface area contributed by atoms with Crippen LogP contribution in [0.5, 0.6) is 0 Å². The predicted molar refractivity (Wildman–Crippen MR) is 105 cm³/mol. The topological polar surface area (TPSA) is 112 Å². The van der Waals surface area contributed by atoms with Gasteiger partial charge in [0.15, 0.2) is 9.84 Å². The van der Waals surface area contributed by atoms with Crippen molar-refractivity contribution in [2.24, 2.45) is 0 Å². The van der Waals surface area contributed by atoms with Gasteiger partial charge < -0.3 is 4.90 Å². The number of carbonyl (C=O) groups excluding carboxylic acids is 4. The van der Waals surface area contributed by atoms with Gasteiger partial charge in [-0.25, -0.2) is 18.1 Å². The van der Waals surface area contributed by atoms with Gasteiger partial charge in [0.05, 0.1) is 11.5 Å². The highest BCUT2D eigenvalue weighted by atomic mass is 32.2. The maximum atomic E-state index is 12.9. The molecule has 162 valence electrons. The van der Waals surface area contributed by atoms with Crippen molar-refractivity contribution >= 4 is 33.6 Å². The van der Waals surface area contributed by atoms with Crippen LogP contribution in [0.15, 0.2) is 0 Å². The molecule has 1 unspecified atom stereocenters. The molecule has 5 amide bonds. The Labute approximate surface area is 171 Å². The number of hydrogen-bond acceptors (Lipinski definition) is 6. The molecule has 2 heterocycles. The summed E-state index contributed by atoms with van der Waals surface area (Å²) in [7, 11) is -3.18. The van der Waals surface area contributed by atoms with Crippen LogP contribution in [0.25, 0.3) is 0 Å². The van der Waals surface area contributed by atoms with E-state index in [0.29, 0.717) is 32.2 Å². The molecule has 0 bridgehead atoms. The molecule has 0 aromatic rings. The summed E-state index contributed by atoms with van der Waals surface area (Å²) in [4.78, 5) is 53.7. The van der Waals surface area contributed by atoms with E-state index in [1.54, 1.807) is 0 Å². The maximum absolute atomic E-state index is 12.9. The summed E-state index contributed by atoms with van der Waals surface area (Å²) in [6.45, 7) is 1.81. The molecule has 3 fully saturated rings. The Bertz CT molecular complexity index is 790. The van der Waals surface area contributed by atoms with Gasteiger partial charge in [-0.15, -0.1) is 0 Å². The molecule has 1 saturated carbocycles. The minimum Gasteiger partial charge on any atom is -0.337 e. The van der Waals surface area contributed by atoms with Gasteiger partial charge in [-0.1, -0.05) is 32.6 Å². The smallest absolute Gasteiger partial charge is 0.334 e. The van der Waals surface area contributed by atoms with Crippen LogP contribution in [0.1, 0.15) is 58.3 Å². The molecule has 2 aliphatic heterocycles. The Morgan fingerprint density at radius 1 is 1.07 bits per heavy atom. The van der Waals surface area contributed by atoms with Gasteiger partial charge in [0.2, 0.25) is 5.91 Å². The highest BCUT2D eigenvalue weighted by Crippen LogP contribution is 2.27. The maximum Gasteiger partial charge on any atom is 0.334 e. The number of urea groups is 1. The Morgan fingerprint density at radius 3 is 2.34 bits per heavy atom. The summed E-state index contributed by atoms with van der Waals surface area (Å²) in [5, 5.41) is 0. The van der Waals surface area contributed by atoms with E-state index in [-0.39, 0.29) is 17.5 Å². The molecule has 1 aliphatic carbocycles. The number of nitrogens with zero attached hydrogens (tertiary/aromatic N) is 3. The van der Waals surface area contributed by atoms with Crippen LogP contribution in [-0.2, 0) is 24.2 Å². The zero-order valence-corrected chi connectivity index (χ0v) is 17.7. The molecule has 0 aromatic heterocycles. The van der Waals surface area contributed by atoms with Crippen molar-refractivity contribution in [1.82, 2.24) is 14.7 Å². The summed E-state index contributed by atoms with van der Waals surface area (Å²) in [5.74, 6) is -2.39. The third-order valence-electron chi connectivity index (χ3n) is 6.04. The molecule has 0 aromatic carbocycles. The predicted octanol–water partition coefficient (Wildman–Crippen LogP) is 0.926. The van der Waals surface area contributed by atoms with Crippen LogP contribution in [0, 0.1) is 0 Å². The first-order valence-electron chi connectivity index (χ1n) is 10.4. The van der Waals surface area contributed by atoms with E-state index in [0.717, 1.165) is 35.5 Å². The van der Waals surface area contributed by atoms with Crippen molar-refractivity contribution in [3.05, 3.63) is 0 Å². The second-order valence-electron chi connectivity index (χ2n) is 8.14. The van der Waals surface area contributed by atoms with Crippen molar-refractivity contribution in [1.29, 1.82) is 0 Å². The Kier molecular flexibility index (Phi) is 6.60. The van der Waals surface area contributed by atoms with Crippen LogP contribution in [-0.4, -0.2) is 83.5 Å². The van der Waals surface area contributed by atoms with Crippen molar-refractivity contribution in [3.8, 4) is 0 Å². The number of amides is 5. The van der Waals surface area contributed by atoms with Gasteiger partial charge in [0, 0.05) is 18.6 Å². The van der Waals surface area contributed by atoms with Gasteiger partial charge in [-0.05, 0) is 25.7 Å². The van der Waals surface area contributed by atoms with Crippen molar-refractivity contribution < 1.29 is 27.6 Å². The first-order valence-corrected chi connectivity index (χ1v) is 12.3. The molecule has 0 radical (unpaired) electrons. The van der Waals surface area contributed by atoms with Crippen LogP contribution in [0.3, 0.4) is 0 Å². The molecule has 3 aliphatic rings. The Balaban J connectivity index is 1.72. The molecular formula is C19H29N3O6S. The minimum atomic E-state index is -3.18. The average molecular weight is 428 g/mol. The molecule has 3 rings (SSSR count). The highest BCUT2D eigenvalue weighted by molar-refractivity contribution is 7.91. The third kappa shape index (κ3) is 4.62. The zero-order chi connectivity index (χ0) is 21.2. The molecule has 2 saturated heterocycles. The summed E-state index contributed by atoms with van der Waals surface area (Å²) >= 11 is 0. The van der Waals surface area contributed by atoms with Crippen LogP contribution < -0.4 is 0 Å². The number of rotatable bonds is 7. The van der Waals surface area contributed by atoms with Crippen molar-refractivity contribution in [3.63, 3.8) is 0 Å². The fourth-order valence-electron chi connectivity index (χ4n) is 4.41. The largest absolute Gasteiger partial charge is 0.337 e. The summed E-state index contributed by atoms with van der Waals surface area (Å²) in [5.41, 5.74) is 0. The van der Waals surface area contributed by atoms with Crippen LogP contribution in [0.4, 0.5) is 4.79 Å². The van der Waals surface area contributed by atoms with E-state index in [9.17, 15) is 27.6 Å². The number of hydrogen-bond donors (Lipinski definition) is 0. The van der Waals surface area contributed by atoms with Crippen LogP contribution in [0.2, 0.25) is 0 Å². The zero-order valence-electron chi connectivity index (χ0n) is 16.8. The van der Waals surface area contributed by atoms with E-state index in [2.05, 4.69) is 0 Å². The molecule has 9 nitrogen and oxygen atoms in total. The minimum absolute atomic E-state index is 0.0308. The second kappa shape index (κ2) is 8.81. The average Bonchev–Trinajstić information content (AvgIpc) is 3.14. The van der Waals surface area contributed by atoms with Crippen LogP contribution >= 0.6 is 0 Å². The Hall–Kier alpha value is -1.97. The van der Waals surface area contributed by atoms with Gasteiger partial charge in [-0.3, -0.25) is 19.3 Å². The summed E-state index contributed by atoms with van der Waals surface area (Å²) in [6, 6.07) is -1.46. The molecule has 0 N–H and O–H groups in total. The molecule has 10 heteroatoms. The molecule has 29 heavy (non-hydrogen) atoms. The SMILES string of the molecule is CCCCN(C(=O)CN1C(=O)C(=O)N(C2CCCCC2)C1=O)C1CCS(=O)(=O)C1. The summed E-state index contributed by atoms with van der Waals surface area (Å²) in [6.07, 6.45) is 6.05. The van der Waals surface area contributed by atoms with Gasteiger partial charge in [-0.2, -0.15) is 0 Å². The standard InChI is InChI=1S/C19H29N3O6S/c1-2-3-10-20(15-9-11-29(27,28)13-15)16(23)12-21-17(24)18(25)22(19(21)26)14-7-5-4-6-8-14/h14-15H,2-13H2,1H3. The fraction of sp³-hybridized carbons (Fsp3) is 0.789. The Morgan fingerprint density at radius 2 is 1.76 bits per heavy atom. The first kappa shape index (κ1) is 21.7.